The second-order valence-electron chi connectivity index (χ2n) is 6.30. The number of methoxy groups -OCH3 is 1. The molecule has 1 unspecified atom stereocenters. The normalized spacial score (nSPS) is 12.5. The van der Waals surface area contributed by atoms with Gasteiger partial charge in [0.15, 0.2) is 0 Å². The molecule has 1 atom stereocenters. The van der Waals surface area contributed by atoms with Gasteiger partial charge in [0, 0.05) is 23.5 Å². The van der Waals surface area contributed by atoms with E-state index in [4.69, 9.17) is 4.74 Å². The summed E-state index contributed by atoms with van der Waals surface area (Å²) in [7, 11) is 1.20. The number of ether oxygens (including phenoxy) is 2. The average molecular weight is 359 g/mol. The Labute approximate surface area is 146 Å². The quantitative estimate of drug-likeness (QED) is 0.626. The second kappa shape index (κ2) is 7.74. The van der Waals surface area contributed by atoms with Crippen LogP contribution in [0.3, 0.4) is 0 Å². The Morgan fingerprint density at radius 2 is 2.04 bits per heavy atom. The smallest absolute Gasteiger partial charge is 0.506 e. The molecule has 134 valence electrons. The molecule has 0 spiro atoms. The van der Waals surface area contributed by atoms with E-state index in [-0.39, 0.29) is 29.6 Å². The Bertz CT molecular complexity index is 708. The van der Waals surface area contributed by atoms with Gasteiger partial charge in [-0.1, -0.05) is 6.07 Å². The zero-order valence-electron chi connectivity index (χ0n) is 14.0. The molecule has 0 saturated heterocycles. The maximum atomic E-state index is 11.2. The van der Waals surface area contributed by atoms with Crippen LogP contribution in [0.25, 0.3) is 10.9 Å². The van der Waals surface area contributed by atoms with Crippen molar-refractivity contribution in [3.05, 3.63) is 23.8 Å². The third-order valence-corrected chi connectivity index (χ3v) is 3.33. The van der Waals surface area contributed by atoms with Crippen LogP contribution >= 0.6 is 12.4 Å². The van der Waals surface area contributed by atoms with Gasteiger partial charge in [0.1, 0.15) is 5.75 Å². The van der Waals surface area contributed by atoms with E-state index in [9.17, 15) is 15.0 Å². The van der Waals surface area contributed by atoms with Gasteiger partial charge < -0.3 is 30.0 Å². The molecule has 1 heterocycles. The van der Waals surface area contributed by atoms with Gasteiger partial charge in [-0.2, -0.15) is 0 Å². The molecule has 0 bridgehead atoms. The highest BCUT2D eigenvalue weighted by Gasteiger charge is 2.19. The first-order valence-electron chi connectivity index (χ1n) is 7.25. The fourth-order valence-electron chi connectivity index (χ4n) is 2.19. The topological polar surface area (TPSA) is 104 Å². The van der Waals surface area contributed by atoms with Gasteiger partial charge in [0.2, 0.25) is 5.88 Å². The number of rotatable bonds is 4. The lowest BCUT2D eigenvalue weighted by molar-refractivity contribution is 0.120. The molecule has 4 N–H and O–H groups in total. The van der Waals surface area contributed by atoms with Crippen LogP contribution in [0.1, 0.15) is 32.4 Å². The number of aromatic nitrogens is 1. The summed E-state index contributed by atoms with van der Waals surface area (Å²) in [4.78, 5) is 14.0. The number of aliphatic hydroxyl groups excluding tert-OH is 1. The van der Waals surface area contributed by atoms with Crippen molar-refractivity contribution in [3.63, 3.8) is 0 Å². The van der Waals surface area contributed by atoms with E-state index in [0.717, 1.165) is 0 Å². The number of hydrogen-bond donors (Lipinski definition) is 4. The van der Waals surface area contributed by atoms with E-state index in [1.807, 2.05) is 20.8 Å². The Kier molecular flexibility index (Phi) is 6.48. The largest absolute Gasteiger partial charge is 0.514 e. The van der Waals surface area contributed by atoms with E-state index < -0.39 is 12.3 Å². The van der Waals surface area contributed by atoms with Gasteiger partial charge in [-0.05, 0) is 32.4 Å². The SMILES string of the molecule is COC(=O)Oc1cc2c(C(O)CNC(C)(C)C)ccc(O)c2[nH]1.Cl. The lowest BCUT2D eigenvalue weighted by atomic mass is 10.0. The van der Waals surface area contributed by atoms with E-state index in [2.05, 4.69) is 15.0 Å². The van der Waals surface area contributed by atoms with E-state index in [1.165, 1.54) is 13.2 Å². The molecule has 0 saturated carbocycles. The van der Waals surface area contributed by atoms with Crippen LogP contribution < -0.4 is 10.1 Å². The first-order chi connectivity index (χ1) is 10.7. The number of phenols is 1. The third kappa shape index (κ3) is 4.77. The molecule has 0 aliphatic rings. The molecule has 7 nitrogen and oxygen atoms in total. The summed E-state index contributed by atoms with van der Waals surface area (Å²) in [6.07, 6.45) is -1.65. The fourth-order valence-corrected chi connectivity index (χ4v) is 2.19. The van der Waals surface area contributed by atoms with E-state index >= 15 is 0 Å². The van der Waals surface area contributed by atoms with Crippen molar-refractivity contribution >= 4 is 29.5 Å². The predicted octanol–water partition coefficient (Wildman–Crippen LogP) is 2.86. The standard InChI is InChI=1S/C16H22N2O5.ClH/c1-16(2,3)17-8-12(20)9-5-6-11(19)14-10(9)7-13(18-14)23-15(21)22-4;/h5-7,12,17-20H,8H2,1-4H3;1H. The van der Waals surface area contributed by atoms with Gasteiger partial charge >= 0.3 is 6.16 Å². The van der Waals surface area contributed by atoms with Crippen molar-refractivity contribution in [2.45, 2.75) is 32.4 Å². The van der Waals surface area contributed by atoms with Crippen LogP contribution in [-0.2, 0) is 4.74 Å². The van der Waals surface area contributed by atoms with E-state index in [0.29, 0.717) is 23.0 Å². The van der Waals surface area contributed by atoms with Crippen molar-refractivity contribution in [2.75, 3.05) is 13.7 Å². The summed E-state index contributed by atoms with van der Waals surface area (Å²) in [5, 5.41) is 24.2. The first-order valence-corrected chi connectivity index (χ1v) is 7.25. The van der Waals surface area contributed by atoms with Crippen molar-refractivity contribution in [2.24, 2.45) is 0 Å². The summed E-state index contributed by atoms with van der Waals surface area (Å²) in [6.45, 7) is 6.36. The number of benzene rings is 1. The number of phenolic OH excluding ortho intramolecular Hbond substituents is 1. The van der Waals surface area contributed by atoms with Gasteiger partial charge in [-0.25, -0.2) is 4.79 Å². The Morgan fingerprint density at radius 3 is 2.62 bits per heavy atom. The number of aliphatic hydroxyl groups is 1. The zero-order chi connectivity index (χ0) is 17.2. The minimum atomic E-state index is -0.868. The Balaban J connectivity index is 0.00000288. The molecule has 2 aromatic rings. The van der Waals surface area contributed by atoms with Crippen molar-refractivity contribution in [3.8, 4) is 11.6 Å². The number of halogens is 1. The minimum Gasteiger partial charge on any atom is -0.506 e. The zero-order valence-corrected chi connectivity index (χ0v) is 14.9. The van der Waals surface area contributed by atoms with Crippen LogP contribution in [0, 0.1) is 0 Å². The number of carbonyl (C=O) groups is 1. The maximum absolute atomic E-state index is 11.2. The average Bonchev–Trinajstić information content (AvgIpc) is 2.88. The molecule has 0 amide bonds. The highest BCUT2D eigenvalue weighted by Crippen LogP contribution is 2.33. The summed E-state index contributed by atoms with van der Waals surface area (Å²) in [5.74, 6) is 0.130. The number of aromatic hydroxyl groups is 1. The lowest BCUT2D eigenvalue weighted by Gasteiger charge is -2.23. The molecule has 0 fully saturated rings. The molecule has 1 aromatic heterocycles. The Morgan fingerprint density at radius 1 is 1.38 bits per heavy atom. The van der Waals surface area contributed by atoms with Crippen LogP contribution in [0.4, 0.5) is 4.79 Å². The van der Waals surface area contributed by atoms with Crippen molar-refractivity contribution in [1.82, 2.24) is 10.3 Å². The van der Waals surface area contributed by atoms with Gasteiger partial charge in [-0.15, -0.1) is 12.4 Å². The van der Waals surface area contributed by atoms with Gasteiger partial charge in [0.25, 0.3) is 0 Å². The lowest BCUT2D eigenvalue weighted by Crippen LogP contribution is -2.38. The first kappa shape index (κ1) is 20.1. The van der Waals surface area contributed by atoms with Crippen LogP contribution in [0.15, 0.2) is 18.2 Å². The number of H-pyrrole nitrogens is 1. The predicted molar refractivity (Wildman–Crippen MR) is 93.0 cm³/mol. The van der Waals surface area contributed by atoms with Crippen molar-refractivity contribution < 1.29 is 24.5 Å². The summed E-state index contributed by atoms with van der Waals surface area (Å²) >= 11 is 0. The van der Waals surface area contributed by atoms with E-state index in [1.54, 1.807) is 12.1 Å². The highest BCUT2D eigenvalue weighted by atomic mass is 35.5. The molecule has 2 rings (SSSR count). The molecule has 0 aliphatic carbocycles. The molecule has 1 aromatic carbocycles. The monoisotopic (exact) mass is 358 g/mol. The fraction of sp³-hybridized carbons (Fsp3) is 0.438. The summed E-state index contributed by atoms with van der Waals surface area (Å²) in [5.41, 5.74) is 0.871. The van der Waals surface area contributed by atoms with Crippen LogP contribution in [0.2, 0.25) is 0 Å². The molecular weight excluding hydrogens is 336 g/mol. The number of aromatic amines is 1. The number of fused-ring (bicyclic) bond motifs is 1. The Hall–Kier alpha value is -1.96. The third-order valence-electron chi connectivity index (χ3n) is 3.33. The number of hydrogen-bond acceptors (Lipinski definition) is 6. The van der Waals surface area contributed by atoms with Gasteiger partial charge in [0.05, 0.1) is 18.7 Å². The number of nitrogens with one attached hydrogen (secondary N) is 2. The second-order valence-corrected chi connectivity index (χ2v) is 6.30. The number of β-amino-alcohol motifs (C(OH)–C–C–N with tert-alkyl or cyclic N) is 1. The maximum Gasteiger partial charge on any atom is 0.514 e. The summed E-state index contributed by atoms with van der Waals surface area (Å²) < 4.78 is 9.36. The highest BCUT2D eigenvalue weighted by molar-refractivity contribution is 5.90. The van der Waals surface area contributed by atoms with Gasteiger partial charge in [-0.3, -0.25) is 0 Å². The molecule has 0 aliphatic heterocycles. The summed E-state index contributed by atoms with van der Waals surface area (Å²) in [6, 6.07) is 4.67. The molecule has 8 heteroatoms. The van der Waals surface area contributed by atoms with Crippen molar-refractivity contribution in [1.29, 1.82) is 0 Å². The van der Waals surface area contributed by atoms with Crippen LogP contribution in [0.5, 0.6) is 11.6 Å². The minimum absolute atomic E-state index is 0. The van der Waals surface area contributed by atoms with Crippen LogP contribution in [-0.4, -0.2) is 40.5 Å². The molecule has 0 radical (unpaired) electrons. The number of carbonyl (C=O) groups excluding carboxylic acids is 1. The molecule has 24 heavy (non-hydrogen) atoms. The molecular formula is C16H23ClN2O5.